The summed E-state index contributed by atoms with van der Waals surface area (Å²) in [6, 6.07) is 4.04. The number of nitrogens with one attached hydrogen (secondary N) is 1. The Bertz CT molecular complexity index is 685. The maximum absolute atomic E-state index is 12.1. The van der Waals surface area contributed by atoms with Crippen molar-refractivity contribution in [2.24, 2.45) is 0 Å². The molecule has 0 saturated carbocycles. The predicted molar refractivity (Wildman–Crippen MR) is 90.5 cm³/mol. The monoisotopic (exact) mass is 329 g/mol. The van der Waals surface area contributed by atoms with E-state index in [1.807, 2.05) is 33.8 Å². The first-order valence-corrected chi connectivity index (χ1v) is 8.06. The van der Waals surface area contributed by atoms with Crippen molar-refractivity contribution >= 4 is 17.5 Å². The maximum Gasteiger partial charge on any atom is 0.312 e. The molecule has 7 nitrogen and oxygen atoms in total. The van der Waals surface area contributed by atoms with E-state index in [9.17, 15) is 14.9 Å². The summed E-state index contributed by atoms with van der Waals surface area (Å²) in [6.07, 6.45) is 0. The summed E-state index contributed by atoms with van der Waals surface area (Å²) in [4.78, 5) is 31.9. The minimum absolute atomic E-state index is 0.0660. The number of carbonyl (C=O) groups is 2. The third-order valence-electron chi connectivity index (χ3n) is 3.94. The molecule has 0 bridgehead atoms. The highest BCUT2D eigenvalue weighted by atomic mass is 16.2. The lowest BCUT2D eigenvalue weighted by atomic mass is 10.1. The van der Waals surface area contributed by atoms with Gasteiger partial charge in [0.05, 0.1) is 16.9 Å². The lowest BCUT2D eigenvalue weighted by Gasteiger charge is -2.36. The van der Waals surface area contributed by atoms with Crippen molar-refractivity contribution in [1.29, 1.82) is 5.26 Å². The van der Waals surface area contributed by atoms with E-state index in [1.54, 1.807) is 4.90 Å². The van der Waals surface area contributed by atoms with Gasteiger partial charge in [0.25, 0.3) is 0 Å². The number of anilines is 1. The van der Waals surface area contributed by atoms with E-state index < -0.39 is 11.8 Å². The zero-order chi connectivity index (χ0) is 17.9. The number of pyridine rings is 1. The smallest absolute Gasteiger partial charge is 0.312 e. The number of hydrogen-bond acceptors (Lipinski definition) is 5. The van der Waals surface area contributed by atoms with Crippen molar-refractivity contribution in [2.75, 3.05) is 31.1 Å². The van der Waals surface area contributed by atoms with Gasteiger partial charge in [0, 0.05) is 37.9 Å². The van der Waals surface area contributed by atoms with Crippen LogP contribution < -0.4 is 10.2 Å². The maximum atomic E-state index is 12.1. The Balaban J connectivity index is 2.07. The van der Waals surface area contributed by atoms with Crippen LogP contribution in [0.1, 0.15) is 30.8 Å². The van der Waals surface area contributed by atoms with Crippen molar-refractivity contribution in [2.45, 2.75) is 33.7 Å². The van der Waals surface area contributed by atoms with Crippen LogP contribution in [0.4, 0.5) is 5.69 Å². The van der Waals surface area contributed by atoms with Gasteiger partial charge in [-0.25, -0.2) is 0 Å². The van der Waals surface area contributed by atoms with Crippen molar-refractivity contribution in [3.63, 3.8) is 0 Å². The van der Waals surface area contributed by atoms with Crippen molar-refractivity contribution in [3.05, 3.63) is 23.0 Å². The quantitative estimate of drug-likeness (QED) is 0.809. The molecule has 1 aliphatic rings. The number of aryl methyl sites for hydroxylation is 2. The Morgan fingerprint density at radius 2 is 1.88 bits per heavy atom. The molecule has 0 atom stereocenters. The van der Waals surface area contributed by atoms with Crippen LogP contribution in [-0.2, 0) is 9.59 Å². The molecule has 0 spiro atoms. The van der Waals surface area contributed by atoms with Gasteiger partial charge in [-0.15, -0.1) is 0 Å². The molecule has 24 heavy (non-hydrogen) atoms. The lowest BCUT2D eigenvalue weighted by Crippen LogP contribution is -2.53. The molecule has 1 aromatic rings. The molecular formula is C17H23N5O2. The first-order valence-electron chi connectivity index (χ1n) is 8.06. The van der Waals surface area contributed by atoms with Crippen molar-refractivity contribution in [3.8, 4) is 6.07 Å². The van der Waals surface area contributed by atoms with Crippen molar-refractivity contribution in [1.82, 2.24) is 15.2 Å². The molecule has 1 aromatic heterocycles. The fourth-order valence-corrected chi connectivity index (χ4v) is 2.81. The Labute approximate surface area is 142 Å². The molecule has 2 amide bonds. The van der Waals surface area contributed by atoms with Crippen LogP contribution in [0, 0.1) is 25.2 Å². The molecule has 1 aliphatic heterocycles. The van der Waals surface area contributed by atoms with Crippen LogP contribution >= 0.6 is 0 Å². The number of hydrogen-bond donors (Lipinski definition) is 1. The summed E-state index contributed by atoms with van der Waals surface area (Å²) in [6.45, 7) is 9.43. The predicted octanol–water partition coefficient (Wildman–Crippen LogP) is 0.743. The Kier molecular flexibility index (Phi) is 5.39. The highest BCUT2D eigenvalue weighted by molar-refractivity contribution is 6.35. The summed E-state index contributed by atoms with van der Waals surface area (Å²) < 4.78 is 0. The minimum Gasteiger partial charge on any atom is -0.367 e. The number of aromatic nitrogens is 1. The van der Waals surface area contributed by atoms with Crippen LogP contribution in [0.3, 0.4) is 0 Å². The summed E-state index contributed by atoms with van der Waals surface area (Å²) in [7, 11) is 0. The standard InChI is InChI=1S/C17H23N5O2/c1-11(2)19-16(23)17(24)22-7-5-21(6-8-22)15-9-12(3)20-13(4)14(15)10-18/h9,11H,5-8H2,1-4H3,(H,19,23). The second-order valence-corrected chi connectivity index (χ2v) is 6.26. The summed E-state index contributed by atoms with van der Waals surface area (Å²) in [5.74, 6) is -1.06. The molecule has 1 fully saturated rings. The summed E-state index contributed by atoms with van der Waals surface area (Å²) in [5, 5.41) is 12.0. The van der Waals surface area contributed by atoms with Gasteiger partial charge in [-0.05, 0) is 33.8 Å². The first kappa shape index (κ1) is 17.7. The van der Waals surface area contributed by atoms with Gasteiger partial charge in [-0.1, -0.05) is 0 Å². The zero-order valence-corrected chi connectivity index (χ0v) is 14.6. The highest BCUT2D eigenvalue weighted by Gasteiger charge is 2.27. The van der Waals surface area contributed by atoms with Crippen LogP contribution in [-0.4, -0.2) is 53.9 Å². The van der Waals surface area contributed by atoms with E-state index in [1.165, 1.54) is 0 Å². The topological polar surface area (TPSA) is 89.3 Å². The van der Waals surface area contributed by atoms with Gasteiger partial charge >= 0.3 is 11.8 Å². The Morgan fingerprint density at radius 3 is 2.42 bits per heavy atom. The number of nitrogens with zero attached hydrogens (tertiary/aromatic N) is 4. The number of nitriles is 1. The molecule has 2 heterocycles. The van der Waals surface area contributed by atoms with E-state index in [4.69, 9.17) is 0 Å². The number of rotatable bonds is 2. The van der Waals surface area contributed by atoms with E-state index in [2.05, 4.69) is 21.3 Å². The molecule has 0 unspecified atom stereocenters. The fourth-order valence-electron chi connectivity index (χ4n) is 2.81. The highest BCUT2D eigenvalue weighted by Crippen LogP contribution is 2.24. The van der Waals surface area contributed by atoms with E-state index in [-0.39, 0.29) is 6.04 Å². The molecular weight excluding hydrogens is 306 g/mol. The molecule has 0 aliphatic carbocycles. The van der Waals surface area contributed by atoms with E-state index in [0.29, 0.717) is 37.4 Å². The lowest BCUT2D eigenvalue weighted by molar-refractivity contribution is -0.146. The summed E-state index contributed by atoms with van der Waals surface area (Å²) >= 11 is 0. The van der Waals surface area contributed by atoms with Gasteiger partial charge in [-0.2, -0.15) is 5.26 Å². The average Bonchev–Trinajstić information content (AvgIpc) is 2.53. The van der Waals surface area contributed by atoms with Crippen LogP contribution in [0.5, 0.6) is 0 Å². The van der Waals surface area contributed by atoms with Gasteiger partial charge < -0.3 is 15.1 Å². The van der Waals surface area contributed by atoms with Crippen LogP contribution in [0.25, 0.3) is 0 Å². The van der Waals surface area contributed by atoms with Crippen LogP contribution in [0.2, 0.25) is 0 Å². The first-order chi connectivity index (χ1) is 11.3. The second-order valence-electron chi connectivity index (χ2n) is 6.26. The molecule has 1 saturated heterocycles. The number of carbonyl (C=O) groups excluding carboxylic acids is 2. The Hall–Kier alpha value is -2.62. The normalized spacial score (nSPS) is 14.5. The van der Waals surface area contributed by atoms with E-state index >= 15 is 0 Å². The SMILES string of the molecule is Cc1cc(N2CCN(C(=O)C(=O)NC(C)C)CC2)c(C#N)c(C)n1. The van der Waals surface area contributed by atoms with Gasteiger partial charge in [-0.3, -0.25) is 14.6 Å². The Morgan fingerprint density at radius 1 is 1.25 bits per heavy atom. The van der Waals surface area contributed by atoms with Gasteiger partial charge in [0.1, 0.15) is 6.07 Å². The molecule has 128 valence electrons. The second kappa shape index (κ2) is 7.30. The zero-order valence-electron chi connectivity index (χ0n) is 14.6. The van der Waals surface area contributed by atoms with Gasteiger partial charge in [0.15, 0.2) is 0 Å². The molecule has 1 N–H and O–H groups in total. The third-order valence-corrected chi connectivity index (χ3v) is 3.94. The molecule has 0 aromatic carbocycles. The summed E-state index contributed by atoms with van der Waals surface area (Å²) in [5.41, 5.74) is 2.98. The largest absolute Gasteiger partial charge is 0.367 e. The number of amides is 2. The van der Waals surface area contributed by atoms with Crippen molar-refractivity contribution < 1.29 is 9.59 Å². The third kappa shape index (κ3) is 3.82. The van der Waals surface area contributed by atoms with E-state index in [0.717, 1.165) is 11.4 Å². The molecule has 2 rings (SSSR count). The van der Waals surface area contributed by atoms with Gasteiger partial charge in [0.2, 0.25) is 0 Å². The fraction of sp³-hybridized carbons (Fsp3) is 0.529. The minimum atomic E-state index is -0.563. The van der Waals surface area contributed by atoms with Crippen LogP contribution in [0.15, 0.2) is 6.07 Å². The molecule has 0 radical (unpaired) electrons. The average molecular weight is 329 g/mol. The molecule has 7 heteroatoms. The number of piperazine rings is 1.